The number of thioether (sulfide) groups is 1. The maximum atomic E-state index is 12.7. The Morgan fingerprint density at radius 1 is 1.20 bits per heavy atom. The highest BCUT2D eigenvalue weighted by Crippen LogP contribution is 2.25. The van der Waals surface area contributed by atoms with Crippen molar-refractivity contribution in [2.75, 3.05) is 12.3 Å². The Bertz CT molecular complexity index is 726. The molecule has 0 N–H and O–H groups in total. The third-order valence-electron chi connectivity index (χ3n) is 4.83. The highest BCUT2D eigenvalue weighted by atomic mass is 32.2. The van der Waals surface area contributed by atoms with E-state index >= 15 is 0 Å². The molecule has 1 aliphatic rings. The second-order valence-corrected chi connectivity index (χ2v) is 7.58. The summed E-state index contributed by atoms with van der Waals surface area (Å²) in [5, 5.41) is 9.26. The van der Waals surface area contributed by atoms with Crippen molar-refractivity contribution in [2.24, 2.45) is 0 Å². The first-order chi connectivity index (χ1) is 12.1. The number of likely N-dealkylation sites (tertiary alicyclic amines) is 1. The smallest absolute Gasteiger partial charge is 0.233 e. The van der Waals surface area contributed by atoms with Gasteiger partial charge < -0.3 is 4.90 Å². The Labute approximate surface area is 153 Å². The molecule has 0 spiro atoms. The number of amides is 1. The number of hydrogen-bond donors (Lipinski definition) is 0. The van der Waals surface area contributed by atoms with E-state index in [1.807, 2.05) is 11.5 Å². The summed E-state index contributed by atoms with van der Waals surface area (Å²) >= 11 is 1.48. The van der Waals surface area contributed by atoms with Crippen LogP contribution in [0.25, 0.3) is 5.69 Å². The Balaban J connectivity index is 1.71. The summed E-state index contributed by atoms with van der Waals surface area (Å²) in [7, 11) is 0. The number of carbonyl (C=O) groups excluding carboxylic acids is 1. The van der Waals surface area contributed by atoms with Crippen molar-refractivity contribution in [3.8, 4) is 5.69 Å². The molecule has 1 saturated heterocycles. The third-order valence-corrected chi connectivity index (χ3v) is 5.74. The second kappa shape index (κ2) is 8.04. The molecule has 0 unspecified atom stereocenters. The Morgan fingerprint density at radius 2 is 1.96 bits per heavy atom. The van der Waals surface area contributed by atoms with Crippen molar-refractivity contribution < 1.29 is 4.79 Å². The van der Waals surface area contributed by atoms with E-state index in [9.17, 15) is 4.79 Å². The first-order valence-electron chi connectivity index (χ1n) is 9.01. The summed E-state index contributed by atoms with van der Waals surface area (Å²) in [5.41, 5.74) is 2.25. The van der Waals surface area contributed by atoms with Gasteiger partial charge >= 0.3 is 0 Å². The fraction of sp³-hybridized carbons (Fsp3) is 0.526. The molecule has 0 saturated carbocycles. The molecule has 1 aromatic carbocycles. The summed E-state index contributed by atoms with van der Waals surface area (Å²) < 4.78 is 2.02. The summed E-state index contributed by atoms with van der Waals surface area (Å²) in [4.78, 5) is 14.8. The number of hydrogen-bond acceptors (Lipinski definition) is 4. The average molecular weight is 359 g/mol. The predicted molar refractivity (Wildman–Crippen MR) is 101 cm³/mol. The van der Waals surface area contributed by atoms with E-state index in [0.717, 1.165) is 42.5 Å². The van der Waals surface area contributed by atoms with E-state index in [1.54, 1.807) is 0 Å². The molecule has 2 heterocycles. The first kappa shape index (κ1) is 18.0. The molecule has 2 aromatic rings. The quantitative estimate of drug-likeness (QED) is 0.764. The van der Waals surface area contributed by atoms with Gasteiger partial charge in [0.2, 0.25) is 5.91 Å². The predicted octanol–water partition coefficient (Wildman–Crippen LogP) is 3.77. The minimum atomic E-state index is 0.215. The van der Waals surface area contributed by atoms with E-state index in [1.165, 1.54) is 23.7 Å². The van der Waals surface area contributed by atoms with Crippen LogP contribution in [0, 0.1) is 13.8 Å². The number of rotatable bonds is 5. The SMILES string of the molecule is CC[C@@H]1CCCCN1C(=O)CSc1nnc(C)n1-c1ccc(C)cc1. The molecule has 6 heteroatoms. The van der Waals surface area contributed by atoms with Crippen LogP contribution in [-0.4, -0.2) is 43.9 Å². The zero-order chi connectivity index (χ0) is 17.8. The van der Waals surface area contributed by atoms with Crippen molar-refractivity contribution in [1.82, 2.24) is 19.7 Å². The van der Waals surface area contributed by atoms with Gasteiger partial charge in [0, 0.05) is 18.3 Å². The van der Waals surface area contributed by atoms with Crippen LogP contribution in [0.5, 0.6) is 0 Å². The van der Waals surface area contributed by atoms with Crippen LogP contribution in [0.2, 0.25) is 0 Å². The van der Waals surface area contributed by atoms with E-state index in [4.69, 9.17) is 0 Å². The Hall–Kier alpha value is -1.82. The van der Waals surface area contributed by atoms with Crippen molar-refractivity contribution >= 4 is 17.7 Å². The van der Waals surface area contributed by atoms with Crippen LogP contribution in [0.4, 0.5) is 0 Å². The van der Waals surface area contributed by atoms with Gasteiger partial charge in [-0.05, 0) is 51.7 Å². The van der Waals surface area contributed by atoms with Gasteiger partial charge in [-0.15, -0.1) is 10.2 Å². The van der Waals surface area contributed by atoms with Gasteiger partial charge in [0.05, 0.1) is 5.75 Å². The lowest BCUT2D eigenvalue weighted by Crippen LogP contribution is -2.44. The van der Waals surface area contributed by atoms with Crippen molar-refractivity contribution in [2.45, 2.75) is 57.7 Å². The van der Waals surface area contributed by atoms with Gasteiger partial charge in [0.15, 0.2) is 5.16 Å². The van der Waals surface area contributed by atoms with Crippen LogP contribution in [0.1, 0.15) is 44.0 Å². The Kier molecular flexibility index (Phi) is 5.78. The lowest BCUT2D eigenvalue weighted by Gasteiger charge is -2.35. The maximum absolute atomic E-state index is 12.7. The van der Waals surface area contributed by atoms with E-state index < -0.39 is 0 Å². The molecule has 1 aliphatic heterocycles. The van der Waals surface area contributed by atoms with Gasteiger partial charge in [-0.2, -0.15) is 0 Å². The zero-order valence-corrected chi connectivity index (χ0v) is 16.1. The molecule has 1 atom stereocenters. The summed E-state index contributed by atoms with van der Waals surface area (Å²) in [6.45, 7) is 7.07. The fourth-order valence-corrected chi connectivity index (χ4v) is 4.27. The van der Waals surface area contributed by atoms with E-state index in [0.29, 0.717) is 11.8 Å². The van der Waals surface area contributed by atoms with Crippen molar-refractivity contribution in [3.63, 3.8) is 0 Å². The van der Waals surface area contributed by atoms with Gasteiger partial charge in [-0.3, -0.25) is 9.36 Å². The topological polar surface area (TPSA) is 51.0 Å². The molecule has 134 valence electrons. The molecular weight excluding hydrogens is 332 g/mol. The lowest BCUT2D eigenvalue weighted by molar-refractivity contribution is -0.132. The maximum Gasteiger partial charge on any atom is 0.233 e. The molecule has 1 fully saturated rings. The van der Waals surface area contributed by atoms with Gasteiger partial charge in [-0.1, -0.05) is 36.4 Å². The highest BCUT2D eigenvalue weighted by molar-refractivity contribution is 7.99. The molecule has 3 rings (SSSR count). The molecule has 1 aromatic heterocycles. The molecule has 0 bridgehead atoms. The molecular formula is C19H26N4OS. The van der Waals surface area contributed by atoms with Crippen LogP contribution < -0.4 is 0 Å². The van der Waals surface area contributed by atoms with Crippen LogP contribution in [0.3, 0.4) is 0 Å². The number of piperidine rings is 1. The van der Waals surface area contributed by atoms with Crippen LogP contribution >= 0.6 is 11.8 Å². The number of aryl methyl sites for hydroxylation is 2. The second-order valence-electron chi connectivity index (χ2n) is 6.63. The minimum Gasteiger partial charge on any atom is -0.339 e. The van der Waals surface area contributed by atoms with Crippen LogP contribution in [-0.2, 0) is 4.79 Å². The van der Waals surface area contributed by atoms with Gasteiger partial charge in [0.25, 0.3) is 0 Å². The molecule has 1 amide bonds. The normalized spacial score (nSPS) is 17.7. The van der Waals surface area contributed by atoms with Gasteiger partial charge in [0.1, 0.15) is 5.82 Å². The molecule has 5 nitrogen and oxygen atoms in total. The number of aromatic nitrogens is 3. The monoisotopic (exact) mass is 358 g/mol. The summed E-state index contributed by atoms with van der Waals surface area (Å²) in [6.07, 6.45) is 4.52. The van der Waals surface area contributed by atoms with Crippen LogP contribution in [0.15, 0.2) is 29.4 Å². The summed E-state index contributed by atoms with van der Waals surface area (Å²) in [5.74, 6) is 1.47. The zero-order valence-electron chi connectivity index (χ0n) is 15.2. The fourth-order valence-electron chi connectivity index (χ4n) is 3.39. The highest BCUT2D eigenvalue weighted by Gasteiger charge is 2.25. The molecule has 0 aliphatic carbocycles. The van der Waals surface area contributed by atoms with Crippen molar-refractivity contribution in [3.05, 3.63) is 35.7 Å². The average Bonchev–Trinajstić information content (AvgIpc) is 3.01. The number of carbonyl (C=O) groups is 1. The third kappa shape index (κ3) is 4.06. The molecule has 0 radical (unpaired) electrons. The summed E-state index contributed by atoms with van der Waals surface area (Å²) in [6, 6.07) is 8.69. The van der Waals surface area contributed by atoms with Crippen molar-refractivity contribution in [1.29, 1.82) is 0 Å². The minimum absolute atomic E-state index is 0.215. The standard InChI is InChI=1S/C19H26N4OS/c1-4-16-7-5-6-12-22(16)18(24)13-25-19-21-20-15(3)23(19)17-10-8-14(2)9-11-17/h8-11,16H,4-7,12-13H2,1-3H3/t16-/m1/s1. The number of nitrogens with zero attached hydrogens (tertiary/aromatic N) is 4. The van der Waals surface area contributed by atoms with E-state index in [-0.39, 0.29) is 5.91 Å². The number of benzene rings is 1. The lowest BCUT2D eigenvalue weighted by atomic mass is 10.0. The van der Waals surface area contributed by atoms with Gasteiger partial charge in [-0.25, -0.2) is 0 Å². The molecule has 25 heavy (non-hydrogen) atoms. The van der Waals surface area contributed by atoms with E-state index in [2.05, 4.69) is 53.2 Å². The first-order valence-corrected chi connectivity index (χ1v) is 10.00. The largest absolute Gasteiger partial charge is 0.339 e. The Morgan fingerprint density at radius 3 is 2.68 bits per heavy atom.